The summed E-state index contributed by atoms with van der Waals surface area (Å²) >= 11 is 7.92. The zero-order valence-corrected chi connectivity index (χ0v) is 15.3. The van der Waals surface area contributed by atoms with Crippen LogP contribution >= 0.6 is 22.9 Å². The zero-order chi connectivity index (χ0) is 16.6. The van der Waals surface area contributed by atoms with Crippen LogP contribution in [0.25, 0.3) is 10.2 Å². The summed E-state index contributed by atoms with van der Waals surface area (Å²) in [5, 5.41) is 9.74. The number of morpholine rings is 1. The van der Waals surface area contributed by atoms with Gasteiger partial charge in [0.1, 0.15) is 0 Å². The van der Waals surface area contributed by atoms with Crippen LogP contribution in [0.5, 0.6) is 0 Å². The van der Waals surface area contributed by atoms with Crippen LogP contribution in [-0.2, 0) is 16.6 Å². The van der Waals surface area contributed by atoms with E-state index in [1.54, 1.807) is 11.3 Å². The number of aliphatic hydroxyl groups excluding tert-OH is 1. The van der Waals surface area contributed by atoms with Crippen LogP contribution in [0.2, 0.25) is 5.28 Å². The Morgan fingerprint density at radius 2 is 1.96 bits per heavy atom. The van der Waals surface area contributed by atoms with Crippen molar-refractivity contribution in [2.75, 3.05) is 37.8 Å². The van der Waals surface area contributed by atoms with Crippen LogP contribution in [0.3, 0.4) is 0 Å². The number of hydrogen-bond acceptors (Lipinski definition) is 6. The van der Waals surface area contributed by atoms with Crippen molar-refractivity contribution in [3.63, 3.8) is 0 Å². The van der Waals surface area contributed by atoms with Crippen molar-refractivity contribution < 1.29 is 9.84 Å². The Bertz CT molecular complexity index is 705. The van der Waals surface area contributed by atoms with Crippen LogP contribution in [0.1, 0.15) is 31.2 Å². The Morgan fingerprint density at radius 3 is 2.57 bits per heavy atom. The predicted molar refractivity (Wildman–Crippen MR) is 94.9 cm³/mol. The van der Waals surface area contributed by atoms with E-state index in [1.807, 2.05) is 0 Å². The van der Waals surface area contributed by atoms with Crippen LogP contribution in [0.15, 0.2) is 0 Å². The van der Waals surface area contributed by atoms with E-state index < -0.39 is 0 Å². The predicted octanol–water partition coefficient (Wildman–Crippen LogP) is 3.01. The summed E-state index contributed by atoms with van der Waals surface area (Å²) in [6, 6.07) is 0. The van der Waals surface area contributed by atoms with Gasteiger partial charge in [0.15, 0.2) is 5.82 Å². The molecule has 0 saturated carbocycles. The largest absolute Gasteiger partial charge is 0.396 e. The van der Waals surface area contributed by atoms with Crippen LogP contribution in [0, 0.1) is 0 Å². The van der Waals surface area contributed by atoms with Gasteiger partial charge in [-0.1, -0.05) is 20.8 Å². The molecule has 1 saturated heterocycles. The molecule has 126 valence electrons. The summed E-state index contributed by atoms with van der Waals surface area (Å²) < 4.78 is 6.50. The lowest BCUT2D eigenvalue weighted by atomic mass is 9.90. The van der Waals surface area contributed by atoms with Crippen molar-refractivity contribution in [1.82, 2.24) is 9.97 Å². The SMILES string of the molecule is CC(C)(C)c1sc2c(N3CCOCC3)nc(Cl)nc2c1CCO. The summed E-state index contributed by atoms with van der Waals surface area (Å²) in [5.41, 5.74) is 1.97. The first-order valence-electron chi connectivity index (χ1n) is 7.84. The van der Waals surface area contributed by atoms with Crippen molar-refractivity contribution in [3.05, 3.63) is 15.7 Å². The van der Waals surface area contributed by atoms with E-state index >= 15 is 0 Å². The molecular weight excluding hydrogens is 334 g/mol. The number of rotatable bonds is 3. The van der Waals surface area contributed by atoms with Crippen molar-refractivity contribution in [1.29, 1.82) is 0 Å². The molecule has 3 rings (SSSR count). The fourth-order valence-electron chi connectivity index (χ4n) is 2.92. The molecule has 0 unspecified atom stereocenters. The second-order valence-electron chi connectivity index (χ2n) is 6.73. The molecule has 1 aliphatic heterocycles. The Balaban J connectivity index is 2.21. The van der Waals surface area contributed by atoms with Gasteiger partial charge in [-0.2, -0.15) is 4.98 Å². The molecule has 5 nitrogen and oxygen atoms in total. The number of aliphatic hydroxyl groups is 1. The van der Waals surface area contributed by atoms with Crippen molar-refractivity contribution in [3.8, 4) is 0 Å². The third-order valence-corrected chi connectivity index (χ3v) is 5.75. The second kappa shape index (κ2) is 6.51. The van der Waals surface area contributed by atoms with Crippen molar-refractivity contribution in [2.24, 2.45) is 0 Å². The molecular formula is C16H22ClN3O2S. The van der Waals surface area contributed by atoms with E-state index in [2.05, 4.69) is 35.6 Å². The average Bonchev–Trinajstić information content (AvgIpc) is 2.87. The Morgan fingerprint density at radius 1 is 1.26 bits per heavy atom. The molecule has 1 aliphatic rings. The minimum atomic E-state index is -0.00930. The summed E-state index contributed by atoms with van der Waals surface area (Å²) in [5.74, 6) is 0.892. The number of nitrogens with zero attached hydrogens (tertiary/aromatic N) is 3. The second-order valence-corrected chi connectivity index (χ2v) is 8.09. The lowest BCUT2D eigenvalue weighted by Crippen LogP contribution is -2.36. The minimum Gasteiger partial charge on any atom is -0.396 e. The smallest absolute Gasteiger partial charge is 0.224 e. The van der Waals surface area contributed by atoms with Crippen LogP contribution < -0.4 is 4.90 Å². The van der Waals surface area contributed by atoms with Gasteiger partial charge >= 0.3 is 0 Å². The highest BCUT2D eigenvalue weighted by Crippen LogP contribution is 2.42. The number of aromatic nitrogens is 2. The number of anilines is 1. The molecule has 0 atom stereocenters. The van der Waals surface area contributed by atoms with Gasteiger partial charge in [0.2, 0.25) is 5.28 Å². The highest BCUT2D eigenvalue weighted by molar-refractivity contribution is 7.20. The van der Waals surface area contributed by atoms with Crippen LogP contribution in [0.4, 0.5) is 5.82 Å². The lowest BCUT2D eigenvalue weighted by molar-refractivity contribution is 0.122. The Hall–Kier alpha value is -0.950. The fraction of sp³-hybridized carbons (Fsp3) is 0.625. The summed E-state index contributed by atoms with van der Waals surface area (Å²) in [7, 11) is 0. The summed E-state index contributed by atoms with van der Waals surface area (Å²) in [4.78, 5) is 12.4. The van der Waals surface area contributed by atoms with Gasteiger partial charge in [0.25, 0.3) is 0 Å². The Kier molecular flexibility index (Phi) is 4.78. The maximum atomic E-state index is 9.48. The molecule has 2 aromatic rings. The van der Waals surface area contributed by atoms with Gasteiger partial charge in [-0.15, -0.1) is 11.3 Å². The van der Waals surface area contributed by atoms with E-state index in [0.29, 0.717) is 19.6 Å². The van der Waals surface area contributed by atoms with E-state index in [1.165, 1.54) is 4.88 Å². The average molecular weight is 356 g/mol. The third-order valence-electron chi connectivity index (χ3n) is 3.94. The maximum Gasteiger partial charge on any atom is 0.224 e. The highest BCUT2D eigenvalue weighted by Gasteiger charge is 2.27. The molecule has 0 aliphatic carbocycles. The van der Waals surface area contributed by atoms with Gasteiger partial charge in [-0.05, 0) is 29.0 Å². The highest BCUT2D eigenvalue weighted by atomic mass is 35.5. The van der Waals surface area contributed by atoms with E-state index in [4.69, 9.17) is 16.3 Å². The van der Waals surface area contributed by atoms with Crippen molar-refractivity contribution >= 4 is 39.0 Å². The number of halogens is 1. The zero-order valence-electron chi connectivity index (χ0n) is 13.7. The molecule has 0 bridgehead atoms. The van der Waals surface area contributed by atoms with Crippen molar-refractivity contribution in [2.45, 2.75) is 32.6 Å². The first-order chi connectivity index (χ1) is 10.9. The molecule has 0 spiro atoms. The topological polar surface area (TPSA) is 58.5 Å². The fourth-order valence-corrected chi connectivity index (χ4v) is 4.45. The molecule has 7 heteroatoms. The van der Waals surface area contributed by atoms with E-state index in [9.17, 15) is 5.11 Å². The standard InChI is InChI=1S/C16H22ClN3O2S/c1-16(2,3)13-10(4-7-21)11-12(23-13)14(19-15(17)18-11)20-5-8-22-9-6-20/h21H,4-9H2,1-3H3. The number of hydrogen-bond donors (Lipinski definition) is 1. The Labute approximate surface area is 145 Å². The van der Waals surface area contributed by atoms with E-state index in [-0.39, 0.29) is 17.3 Å². The number of ether oxygens (including phenoxy) is 1. The monoisotopic (exact) mass is 355 g/mol. The van der Waals surface area contributed by atoms with Gasteiger partial charge in [-0.3, -0.25) is 0 Å². The quantitative estimate of drug-likeness (QED) is 0.858. The van der Waals surface area contributed by atoms with Gasteiger partial charge < -0.3 is 14.7 Å². The molecule has 3 heterocycles. The summed E-state index contributed by atoms with van der Waals surface area (Å²) in [6.07, 6.45) is 0.586. The molecule has 23 heavy (non-hydrogen) atoms. The van der Waals surface area contributed by atoms with Gasteiger partial charge in [0, 0.05) is 24.6 Å². The van der Waals surface area contributed by atoms with Gasteiger partial charge in [-0.25, -0.2) is 4.98 Å². The molecule has 1 N–H and O–H groups in total. The van der Waals surface area contributed by atoms with Crippen LogP contribution in [-0.4, -0.2) is 48.0 Å². The first kappa shape index (κ1) is 16.9. The molecule has 0 aromatic carbocycles. The normalized spacial score (nSPS) is 16.3. The molecule has 2 aromatic heterocycles. The van der Waals surface area contributed by atoms with E-state index in [0.717, 1.165) is 34.7 Å². The molecule has 1 fully saturated rings. The molecule has 0 amide bonds. The van der Waals surface area contributed by atoms with Gasteiger partial charge in [0.05, 0.1) is 23.4 Å². The minimum absolute atomic E-state index is 0.00930. The number of thiophene rings is 1. The lowest BCUT2D eigenvalue weighted by Gasteiger charge is -2.28. The maximum absolute atomic E-state index is 9.48. The third kappa shape index (κ3) is 3.31. The summed E-state index contributed by atoms with van der Waals surface area (Å²) in [6.45, 7) is 9.66. The molecule has 0 radical (unpaired) electrons. The first-order valence-corrected chi connectivity index (χ1v) is 9.04. The number of fused-ring (bicyclic) bond motifs is 1.